The molecule has 2 heterocycles. The van der Waals surface area contributed by atoms with Crippen LogP contribution in [0.2, 0.25) is 0 Å². The molecule has 2 nitrogen and oxygen atoms in total. The molecule has 0 fully saturated rings. The predicted octanol–water partition coefficient (Wildman–Crippen LogP) is 4.01. The molecule has 1 aromatic carbocycles. The van der Waals surface area contributed by atoms with E-state index in [4.69, 9.17) is 4.99 Å². The van der Waals surface area contributed by atoms with E-state index in [9.17, 15) is 0 Å². The molecule has 5 rings (SSSR count). The lowest BCUT2D eigenvalue weighted by molar-refractivity contribution is 0.647. The third kappa shape index (κ3) is 1.30. The maximum absolute atomic E-state index is 5.07. The average molecular weight is 270 g/mol. The zero-order chi connectivity index (χ0) is 13.9. The van der Waals surface area contributed by atoms with Gasteiger partial charge in [-0.25, -0.2) is 4.99 Å². The van der Waals surface area contributed by atoms with Crippen LogP contribution >= 0.6 is 0 Å². The predicted molar refractivity (Wildman–Crippen MR) is 87.2 cm³/mol. The van der Waals surface area contributed by atoms with Gasteiger partial charge in [-0.05, 0) is 36.3 Å². The van der Waals surface area contributed by atoms with Crippen LogP contribution in [0, 0.1) is 0 Å². The molecule has 100 valence electrons. The summed E-state index contributed by atoms with van der Waals surface area (Å²) in [5.74, 6) is 0. The number of rotatable bonds is 0. The molecule has 2 aliphatic heterocycles. The van der Waals surface area contributed by atoms with Crippen molar-refractivity contribution in [2.75, 3.05) is 4.90 Å². The standard InChI is InChI=1S/C19H14N2/c1-3-10-17-14(7-1)13-15-8-5-6-12-19(15)20-16-9-2-4-11-18(16)21(17)19/h1-3,5-13H,4H2. The molecular formula is C19H14N2. The van der Waals surface area contributed by atoms with Crippen molar-refractivity contribution in [3.63, 3.8) is 0 Å². The number of nitrogens with zero attached hydrogens (tertiary/aromatic N) is 2. The Kier molecular flexibility index (Phi) is 1.97. The monoisotopic (exact) mass is 270 g/mol. The molecular weight excluding hydrogens is 256 g/mol. The largest absolute Gasteiger partial charge is 0.307 e. The van der Waals surface area contributed by atoms with Crippen molar-refractivity contribution in [1.29, 1.82) is 0 Å². The Morgan fingerprint density at radius 3 is 3.05 bits per heavy atom. The Hall–Kier alpha value is -2.61. The summed E-state index contributed by atoms with van der Waals surface area (Å²) in [6.45, 7) is 0. The summed E-state index contributed by atoms with van der Waals surface area (Å²) in [4.78, 5) is 7.45. The fourth-order valence-corrected chi connectivity index (χ4v) is 3.59. The van der Waals surface area contributed by atoms with Crippen LogP contribution in [0.3, 0.4) is 0 Å². The van der Waals surface area contributed by atoms with Crippen LogP contribution in [0.5, 0.6) is 0 Å². The van der Waals surface area contributed by atoms with Crippen molar-refractivity contribution in [2.45, 2.75) is 12.1 Å². The lowest BCUT2D eigenvalue weighted by Crippen LogP contribution is -2.45. The van der Waals surface area contributed by atoms with Gasteiger partial charge in [0.15, 0.2) is 5.66 Å². The Morgan fingerprint density at radius 1 is 1.10 bits per heavy atom. The van der Waals surface area contributed by atoms with Gasteiger partial charge < -0.3 is 4.90 Å². The minimum atomic E-state index is -0.390. The van der Waals surface area contributed by atoms with Gasteiger partial charge in [0.1, 0.15) is 0 Å². The smallest absolute Gasteiger partial charge is 0.182 e. The van der Waals surface area contributed by atoms with Crippen LogP contribution in [0.1, 0.15) is 12.0 Å². The summed E-state index contributed by atoms with van der Waals surface area (Å²) in [7, 11) is 0. The fraction of sp³-hybridized carbons (Fsp3) is 0.105. The van der Waals surface area contributed by atoms with E-state index in [0.29, 0.717) is 0 Å². The van der Waals surface area contributed by atoms with Crippen LogP contribution in [0.4, 0.5) is 5.69 Å². The van der Waals surface area contributed by atoms with E-state index in [1.54, 1.807) is 0 Å². The Bertz CT molecular complexity index is 833. The summed E-state index contributed by atoms with van der Waals surface area (Å²) >= 11 is 0. The number of para-hydroxylation sites is 1. The summed E-state index contributed by atoms with van der Waals surface area (Å²) in [6, 6.07) is 8.56. The van der Waals surface area contributed by atoms with Crippen molar-refractivity contribution in [3.8, 4) is 0 Å². The zero-order valence-corrected chi connectivity index (χ0v) is 11.5. The molecule has 0 aromatic heterocycles. The number of hydrogen-bond donors (Lipinski definition) is 0. The Labute approximate surface area is 123 Å². The fourth-order valence-electron chi connectivity index (χ4n) is 3.59. The zero-order valence-electron chi connectivity index (χ0n) is 11.5. The number of allylic oxidation sites excluding steroid dienone is 5. The van der Waals surface area contributed by atoms with Crippen LogP contribution in [-0.4, -0.2) is 11.4 Å². The van der Waals surface area contributed by atoms with Gasteiger partial charge in [0, 0.05) is 5.57 Å². The Morgan fingerprint density at radius 2 is 2.05 bits per heavy atom. The quantitative estimate of drug-likeness (QED) is 0.695. The van der Waals surface area contributed by atoms with Crippen LogP contribution in [0.15, 0.2) is 83.1 Å². The highest BCUT2D eigenvalue weighted by Crippen LogP contribution is 2.49. The van der Waals surface area contributed by atoms with Gasteiger partial charge in [0.2, 0.25) is 0 Å². The second-order valence-corrected chi connectivity index (χ2v) is 5.66. The minimum Gasteiger partial charge on any atom is -0.307 e. The second-order valence-electron chi connectivity index (χ2n) is 5.66. The van der Waals surface area contributed by atoms with Crippen molar-refractivity contribution < 1.29 is 0 Å². The number of anilines is 1. The van der Waals surface area contributed by atoms with Crippen LogP contribution in [-0.2, 0) is 0 Å². The first kappa shape index (κ1) is 11.1. The number of benzene rings is 1. The molecule has 4 aliphatic rings. The maximum atomic E-state index is 5.07. The van der Waals surface area contributed by atoms with E-state index in [-0.39, 0.29) is 5.66 Å². The molecule has 0 radical (unpaired) electrons. The summed E-state index contributed by atoms with van der Waals surface area (Å²) in [6.07, 6.45) is 18.4. The first-order chi connectivity index (χ1) is 10.4. The molecule has 1 aromatic rings. The molecule has 1 unspecified atom stereocenters. The highest BCUT2D eigenvalue weighted by atomic mass is 15.4. The Balaban J connectivity index is 1.86. The van der Waals surface area contributed by atoms with E-state index in [2.05, 4.69) is 77.8 Å². The molecule has 0 N–H and O–H groups in total. The highest BCUT2D eigenvalue weighted by molar-refractivity contribution is 6.15. The third-order valence-electron chi connectivity index (χ3n) is 4.49. The van der Waals surface area contributed by atoms with E-state index in [1.165, 1.54) is 22.5 Å². The molecule has 1 atom stereocenters. The van der Waals surface area contributed by atoms with E-state index < -0.39 is 0 Å². The minimum absolute atomic E-state index is 0.390. The molecule has 21 heavy (non-hydrogen) atoms. The molecule has 0 saturated carbocycles. The lowest BCUT2D eigenvalue weighted by atomic mass is 9.87. The summed E-state index contributed by atoms with van der Waals surface area (Å²) in [5.41, 5.74) is 5.66. The molecule has 0 saturated heterocycles. The van der Waals surface area contributed by atoms with Gasteiger partial charge >= 0.3 is 0 Å². The van der Waals surface area contributed by atoms with Gasteiger partial charge in [-0.2, -0.15) is 0 Å². The van der Waals surface area contributed by atoms with Gasteiger partial charge in [-0.1, -0.05) is 48.6 Å². The van der Waals surface area contributed by atoms with E-state index >= 15 is 0 Å². The third-order valence-corrected chi connectivity index (χ3v) is 4.49. The SMILES string of the molecule is C1=CC2=Cc3ccccc3N3C4=CCC=CC4=NC23C=C1. The number of hydrogen-bond acceptors (Lipinski definition) is 2. The average Bonchev–Trinajstić information content (AvgIpc) is 2.87. The molecule has 2 aliphatic carbocycles. The van der Waals surface area contributed by atoms with Crippen molar-refractivity contribution in [1.82, 2.24) is 0 Å². The van der Waals surface area contributed by atoms with Crippen molar-refractivity contribution in [3.05, 3.63) is 83.6 Å². The number of fused-ring (bicyclic) bond motifs is 4. The molecule has 1 spiro atoms. The normalized spacial score (nSPS) is 27.2. The van der Waals surface area contributed by atoms with Crippen molar-refractivity contribution in [2.24, 2.45) is 4.99 Å². The number of aliphatic imine (C=N–C) groups is 1. The van der Waals surface area contributed by atoms with Gasteiger partial charge in [0.25, 0.3) is 0 Å². The topological polar surface area (TPSA) is 15.6 Å². The van der Waals surface area contributed by atoms with Gasteiger partial charge in [-0.3, -0.25) is 0 Å². The van der Waals surface area contributed by atoms with Crippen LogP contribution in [0.25, 0.3) is 6.08 Å². The first-order valence-corrected chi connectivity index (χ1v) is 7.33. The summed E-state index contributed by atoms with van der Waals surface area (Å²) < 4.78 is 0. The van der Waals surface area contributed by atoms with E-state index in [1.807, 2.05) is 0 Å². The first-order valence-electron chi connectivity index (χ1n) is 7.33. The van der Waals surface area contributed by atoms with Crippen molar-refractivity contribution >= 4 is 17.5 Å². The molecule has 0 bridgehead atoms. The molecule has 2 heteroatoms. The highest BCUT2D eigenvalue weighted by Gasteiger charge is 2.48. The lowest BCUT2D eigenvalue weighted by Gasteiger charge is -2.42. The van der Waals surface area contributed by atoms with Gasteiger partial charge in [0.05, 0.1) is 17.1 Å². The maximum Gasteiger partial charge on any atom is 0.182 e. The van der Waals surface area contributed by atoms with Crippen LogP contribution < -0.4 is 4.90 Å². The summed E-state index contributed by atoms with van der Waals surface area (Å²) in [5, 5.41) is 0. The molecule has 0 amide bonds. The second kappa shape index (κ2) is 3.73. The van der Waals surface area contributed by atoms with Gasteiger partial charge in [-0.15, -0.1) is 0 Å². The van der Waals surface area contributed by atoms with E-state index in [0.717, 1.165) is 12.1 Å².